The van der Waals surface area contributed by atoms with Gasteiger partial charge in [0.05, 0.1) is 0 Å². The molecular formula is C16H12GeS4. The predicted molar refractivity (Wildman–Crippen MR) is 102 cm³/mol. The number of hydrogen-bond acceptors (Lipinski definition) is 4. The Kier molecular flexibility index (Phi) is 3.89. The van der Waals surface area contributed by atoms with Crippen LogP contribution in [0, 0.1) is 0 Å². The van der Waals surface area contributed by atoms with Crippen LogP contribution in [-0.4, -0.2) is 13.3 Å². The van der Waals surface area contributed by atoms with Crippen LogP contribution < -0.4 is 14.8 Å². The van der Waals surface area contributed by atoms with E-state index in [9.17, 15) is 0 Å². The Hall–Kier alpha value is -0.657. The Morgan fingerprint density at radius 3 is 0.952 bits per heavy atom. The molecule has 0 spiro atoms. The summed E-state index contributed by atoms with van der Waals surface area (Å²) in [7, 11) is 0. The maximum atomic E-state index is 2.35. The Morgan fingerprint density at radius 1 is 0.476 bits per heavy atom. The van der Waals surface area contributed by atoms with Crippen LogP contribution in [0.25, 0.3) is 0 Å². The third-order valence-corrected chi connectivity index (χ3v) is 23.2. The van der Waals surface area contributed by atoms with Crippen molar-refractivity contribution in [3.05, 3.63) is 70.1 Å². The van der Waals surface area contributed by atoms with E-state index < -0.39 is 13.3 Å². The van der Waals surface area contributed by atoms with Gasteiger partial charge in [-0.25, -0.2) is 0 Å². The zero-order valence-electron chi connectivity index (χ0n) is 11.1. The summed E-state index contributed by atoms with van der Waals surface area (Å²) in [5.41, 5.74) is 0. The van der Waals surface area contributed by atoms with Gasteiger partial charge in [0, 0.05) is 0 Å². The van der Waals surface area contributed by atoms with Gasteiger partial charge in [0.1, 0.15) is 0 Å². The van der Waals surface area contributed by atoms with Gasteiger partial charge in [-0.2, -0.15) is 0 Å². The van der Waals surface area contributed by atoms with Gasteiger partial charge in [-0.05, 0) is 0 Å². The van der Waals surface area contributed by atoms with E-state index in [-0.39, 0.29) is 0 Å². The molecular weight excluding hydrogens is 393 g/mol. The van der Waals surface area contributed by atoms with Crippen molar-refractivity contribution in [3.63, 3.8) is 0 Å². The van der Waals surface area contributed by atoms with Crippen molar-refractivity contribution in [2.24, 2.45) is 0 Å². The van der Waals surface area contributed by atoms with Crippen molar-refractivity contribution >= 4 is 73.5 Å². The van der Waals surface area contributed by atoms with Crippen molar-refractivity contribution in [2.75, 3.05) is 0 Å². The zero-order chi connectivity index (χ0) is 14.1. The Bertz CT molecular complexity index is 638. The molecule has 0 aliphatic heterocycles. The maximum absolute atomic E-state index is 2.68. The summed E-state index contributed by atoms with van der Waals surface area (Å²) in [5.74, 6) is 0. The Labute approximate surface area is 142 Å². The van der Waals surface area contributed by atoms with Crippen molar-refractivity contribution in [1.82, 2.24) is 0 Å². The molecule has 0 fully saturated rings. The molecule has 21 heavy (non-hydrogen) atoms. The second-order valence-corrected chi connectivity index (χ2v) is 19.2. The summed E-state index contributed by atoms with van der Waals surface area (Å²) in [6, 6.07) is 18.2. The molecule has 0 bridgehead atoms. The third-order valence-electron chi connectivity index (χ3n) is 3.56. The molecule has 0 saturated carbocycles. The monoisotopic (exact) mass is 406 g/mol. The Morgan fingerprint density at radius 2 is 0.762 bits per heavy atom. The standard InChI is InChI=1S/C16H12GeS4/c1-5-13(18-9-1)17(14-6-2-10-19-14,15-7-3-11-20-15)16-8-4-12-21-16/h1-12H. The van der Waals surface area contributed by atoms with E-state index >= 15 is 0 Å². The quantitative estimate of drug-likeness (QED) is 0.458. The molecule has 4 aromatic rings. The van der Waals surface area contributed by atoms with E-state index in [1.807, 2.05) is 45.3 Å². The predicted octanol–water partition coefficient (Wildman–Crippen LogP) is 3.31. The summed E-state index contributed by atoms with van der Waals surface area (Å²) in [4.78, 5) is 0. The summed E-state index contributed by atoms with van der Waals surface area (Å²) < 4.78 is 6.34. The van der Waals surface area contributed by atoms with E-state index in [4.69, 9.17) is 0 Å². The van der Waals surface area contributed by atoms with E-state index in [0.717, 1.165) is 0 Å². The van der Waals surface area contributed by atoms with Crippen LogP contribution in [0.15, 0.2) is 70.1 Å². The average Bonchev–Trinajstić information content (AvgIpc) is 3.32. The molecule has 4 aromatic heterocycles. The second kappa shape index (κ2) is 5.85. The first-order valence-electron chi connectivity index (χ1n) is 6.58. The van der Waals surface area contributed by atoms with Gasteiger partial charge >= 0.3 is 144 Å². The first kappa shape index (κ1) is 14.0. The van der Waals surface area contributed by atoms with Gasteiger partial charge in [-0.15, -0.1) is 0 Å². The van der Waals surface area contributed by atoms with Crippen LogP contribution in [-0.2, 0) is 0 Å². The molecule has 5 heteroatoms. The molecule has 4 rings (SSSR count). The van der Waals surface area contributed by atoms with Crippen LogP contribution in [0.3, 0.4) is 0 Å². The molecule has 0 saturated heterocycles. The summed E-state index contributed by atoms with van der Waals surface area (Å²) in [5, 5.41) is 8.91. The van der Waals surface area contributed by atoms with Crippen LogP contribution in [0.2, 0.25) is 0 Å². The van der Waals surface area contributed by atoms with Gasteiger partial charge in [0.25, 0.3) is 0 Å². The molecule has 0 aliphatic rings. The van der Waals surface area contributed by atoms with Crippen molar-refractivity contribution < 1.29 is 0 Å². The fourth-order valence-corrected chi connectivity index (χ4v) is 26.2. The molecule has 0 N–H and O–H groups in total. The summed E-state index contributed by atoms with van der Waals surface area (Å²) in [6.45, 7) is 0. The molecule has 4 heterocycles. The number of rotatable bonds is 4. The zero-order valence-corrected chi connectivity index (χ0v) is 16.4. The van der Waals surface area contributed by atoms with E-state index in [0.29, 0.717) is 0 Å². The molecule has 0 aromatic carbocycles. The first-order chi connectivity index (χ1) is 10.4. The summed E-state index contributed by atoms with van der Waals surface area (Å²) >= 11 is 5.04. The molecule has 0 aliphatic carbocycles. The van der Waals surface area contributed by atoms with Gasteiger partial charge < -0.3 is 0 Å². The number of thiophene rings is 4. The van der Waals surface area contributed by atoms with Gasteiger partial charge in [0.15, 0.2) is 0 Å². The normalized spacial score (nSPS) is 11.8. The summed E-state index contributed by atoms with van der Waals surface area (Å²) in [6.07, 6.45) is 0. The molecule has 0 unspecified atom stereocenters. The van der Waals surface area contributed by atoms with Gasteiger partial charge in [-0.1, -0.05) is 0 Å². The molecule has 0 nitrogen and oxygen atoms in total. The third kappa shape index (κ3) is 2.21. The van der Waals surface area contributed by atoms with Crippen LogP contribution in [0.1, 0.15) is 0 Å². The van der Waals surface area contributed by atoms with Crippen molar-refractivity contribution in [2.45, 2.75) is 0 Å². The minimum absolute atomic E-state index is 1.59. The van der Waals surface area contributed by atoms with E-state index in [2.05, 4.69) is 70.1 Å². The number of hydrogen-bond donors (Lipinski definition) is 0. The van der Waals surface area contributed by atoms with Crippen LogP contribution in [0.5, 0.6) is 0 Å². The van der Waals surface area contributed by atoms with Gasteiger partial charge in [0.2, 0.25) is 0 Å². The van der Waals surface area contributed by atoms with E-state index in [1.54, 1.807) is 14.8 Å². The van der Waals surface area contributed by atoms with Crippen LogP contribution >= 0.6 is 45.3 Å². The first-order valence-corrected chi connectivity index (χ1v) is 14.3. The second-order valence-electron chi connectivity index (χ2n) is 4.66. The SMILES string of the molecule is c1cs[c]([Ge]([c]2cccs2)([c]2cccs2)[c]2cccs2)c1. The molecule has 0 atom stereocenters. The fraction of sp³-hybridized carbons (Fsp3) is 0. The van der Waals surface area contributed by atoms with Crippen molar-refractivity contribution in [3.8, 4) is 0 Å². The molecule has 104 valence electrons. The average molecular weight is 405 g/mol. The van der Waals surface area contributed by atoms with Crippen molar-refractivity contribution in [1.29, 1.82) is 0 Å². The Balaban J connectivity index is 2.10. The van der Waals surface area contributed by atoms with Gasteiger partial charge in [-0.3, -0.25) is 0 Å². The van der Waals surface area contributed by atoms with E-state index in [1.165, 1.54) is 0 Å². The topological polar surface area (TPSA) is 0 Å². The molecule has 0 amide bonds. The minimum atomic E-state index is -2.68. The fourth-order valence-electron chi connectivity index (χ4n) is 2.70. The van der Waals surface area contributed by atoms with Crippen LogP contribution in [0.4, 0.5) is 0 Å². The molecule has 0 radical (unpaired) electrons.